The van der Waals surface area contributed by atoms with Crippen molar-refractivity contribution in [2.24, 2.45) is 5.92 Å². The summed E-state index contributed by atoms with van der Waals surface area (Å²) in [5.41, 5.74) is 1.97. The Bertz CT molecular complexity index is 508. The van der Waals surface area contributed by atoms with E-state index >= 15 is 0 Å². The van der Waals surface area contributed by atoms with Crippen LogP contribution in [0.4, 0.5) is 16.2 Å². The fourth-order valence-electron chi connectivity index (χ4n) is 3.42. The SMILES string of the molecule is CCN(c1ccc(NC(=O)NC2CCC(CO)CC2)cc1)C(C)C. The Morgan fingerprint density at radius 3 is 2.33 bits per heavy atom. The number of rotatable bonds is 6. The van der Waals surface area contributed by atoms with E-state index in [1.807, 2.05) is 24.3 Å². The molecule has 0 unspecified atom stereocenters. The number of benzene rings is 1. The summed E-state index contributed by atoms with van der Waals surface area (Å²) in [6.07, 6.45) is 3.85. The highest BCUT2D eigenvalue weighted by Crippen LogP contribution is 2.24. The van der Waals surface area contributed by atoms with Crippen LogP contribution in [0.25, 0.3) is 0 Å². The van der Waals surface area contributed by atoms with Gasteiger partial charge in [-0.2, -0.15) is 0 Å². The minimum atomic E-state index is -0.147. The Morgan fingerprint density at radius 2 is 1.83 bits per heavy atom. The molecule has 0 heterocycles. The summed E-state index contributed by atoms with van der Waals surface area (Å²) >= 11 is 0. The standard InChI is InChI=1S/C19H31N3O2/c1-4-22(14(2)3)18-11-9-17(10-12-18)21-19(24)20-16-7-5-15(13-23)6-8-16/h9-12,14-16,23H,4-8,13H2,1-3H3,(H2,20,21,24). The quantitative estimate of drug-likeness (QED) is 0.745. The first kappa shape index (κ1) is 18.6. The maximum Gasteiger partial charge on any atom is 0.319 e. The summed E-state index contributed by atoms with van der Waals surface area (Å²) in [6.45, 7) is 7.71. The maximum absolute atomic E-state index is 12.1. The highest BCUT2D eigenvalue weighted by Gasteiger charge is 2.21. The van der Waals surface area contributed by atoms with Crippen LogP contribution in [0, 0.1) is 5.92 Å². The Labute approximate surface area is 145 Å². The number of nitrogens with one attached hydrogen (secondary N) is 2. The fourth-order valence-corrected chi connectivity index (χ4v) is 3.42. The zero-order valence-corrected chi connectivity index (χ0v) is 15.1. The molecule has 0 atom stereocenters. The number of amides is 2. The van der Waals surface area contributed by atoms with Crippen LogP contribution in [-0.2, 0) is 0 Å². The molecule has 1 aromatic carbocycles. The van der Waals surface area contributed by atoms with Crippen LogP contribution in [0.15, 0.2) is 24.3 Å². The summed E-state index contributed by atoms with van der Waals surface area (Å²) in [6, 6.07) is 8.50. The van der Waals surface area contributed by atoms with E-state index in [0.717, 1.165) is 37.9 Å². The van der Waals surface area contributed by atoms with Crippen molar-refractivity contribution in [3.63, 3.8) is 0 Å². The normalized spacial score (nSPS) is 20.7. The number of urea groups is 1. The topological polar surface area (TPSA) is 64.6 Å². The number of carbonyl (C=O) groups is 1. The molecule has 0 bridgehead atoms. The van der Waals surface area contributed by atoms with E-state index in [2.05, 4.69) is 36.3 Å². The summed E-state index contributed by atoms with van der Waals surface area (Å²) in [7, 11) is 0. The van der Waals surface area contributed by atoms with Gasteiger partial charge < -0.3 is 20.6 Å². The minimum absolute atomic E-state index is 0.147. The van der Waals surface area contributed by atoms with Crippen molar-refractivity contribution in [2.45, 2.75) is 58.5 Å². The van der Waals surface area contributed by atoms with E-state index in [1.54, 1.807) is 0 Å². The lowest BCUT2D eigenvalue weighted by Gasteiger charge is -2.28. The number of aliphatic hydroxyl groups is 1. The molecule has 24 heavy (non-hydrogen) atoms. The fraction of sp³-hybridized carbons (Fsp3) is 0.632. The van der Waals surface area contributed by atoms with Gasteiger partial charge in [0.1, 0.15) is 0 Å². The summed E-state index contributed by atoms with van der Waals surface area (Å²) in [5.74, 6) is 0.404. The number of anilines is 2. The number of hydrogen-bond acceptors (Lipinski definition) is 3. The van der Waals surface area contributed by atoms with Crippen LogP contribution < -0.4 is 15.5 Å². The zero-order chi connectivity index (χ0) is 17.5. The first-order valence-corrected chi connectivity index (χ1v) is 9.08. The van der Waals surface area contributed by atoms with E-state index in [-0.39, 0.29) is 18.7 Å². The van der Waals surface area contributed by atoms with Gasteiger partial charge >= 0.3 is 6.03 Å². The Balaban J connectivity index is 1.84. The molecular formula is C19H31N3O2. The largest absolute Gasteiger partial charge is 0.396 e. The molecule has 0 saturated heterocycles. The van der Waals surface area contributed by atoms with Crippen LogP contribution in [-0.4, -0.2) is 36.4 Å². The first-order valence-electron chi connectivity index (χ1n) is 9.08. The van der Waals surface area contributed by atoms with E-state index in [0.29, 0.717) is 12.0 Å². The molecular weight excluding hydrogens is 302 g/mol. The predicted octanol–water partition coefficient (Wildman–Crippen LogP) is 3.59. The van der Waals surface area contributed by atoms with Gasteiger partial charge in [0.2, 0.25) is 0 Å². The summed E-state index contributed by atoms with van der Waals surface area (Å²) in [5, 5.41) is 15.1. The summed E-state index contributed by atoms with van der Waals surface area (Å²) < 4.78 is 0. The highest BCUT2D eigenvalue weighted by atomic mass is 16.3. The van der Waals surface area contributed by atoms with E-state index in [1.165, 1.54) is 5.69 Å². The molecule has 1 aliphatic carbocycles. The van der Waals surface area contributed by atoms with E-state index in [4.69, 9.17) is 5.11 Å². The Hall–Kier alpha value is -1.75. The average Bonchev–Trinajstić information content (AvgIpc) is 2.57. The molecule has 0 radical (unpaired) electrons. The van der Waals surface area contributed by atoms with Crippen LogP contribution in [0.1, 0.15) is 46.5 Å². The van der Waals surface area contributed by atoms with Crippen LogP contribution in [0.2, 0.25) is 0 Å². The lowest BCUT2D eigenvalue weighted by Crippen LogP contribution is -2.40. The molecule has 2 rings (SSSR count). The maximum atomic E-state index is 12.1. The van der Waals surface area contributed by atoms with Gasteiger partial charge in [0.05, 0.1) is 0 Å². The molecule has 5 nitrogen and oxygen atoms in total. The first-order chi connectivity index (χ1) is 11.5. The lowest BCUT2D eigenvalue weighted by molar-refractivity contribution is 0.176. The van der Waals surface area contributed by atoms with Gasteiger partial charge in [0, 0.05) is 36.6 Å². The van der Waals surface area contributed by atoms with Crippen molar-refractivity contribution in [3.05, 3.63) is 24.3 Å². The zero-order valence-electron chi connectivity index (χ0n) is 15.1. The molecule has 0 aliphatic heterocycles. The van der Waals surface area contributed by atoms with Crippen molar-refractivity contribution >= 4 is 17.4 Å². The predicted molar refractivity (Wildman–Crippen MR) is 99.6 cm³/mol. The average molecular weight is 333 g/mol. The summed E-state index contributed by atoms with van der Waals surface area (Å²) in [4.78, 5) is 14.4. The third-order valence-corrected chi connectivity index (χ3v) is 4.86. The van der Waals surface area contributed by atoms with E-state index in [9.17, 15) is 4.79 Å². The van der Waals surface area contributed by atoms with Crippen LogP contribution >= 0.6 is 0 Å². The highest BCUT2D eigenvalue weighted by molar-refractivity contribution is 5.89. The minimum Gasteiger partial charge on any atom is -0.396 e. The van der Waals surface area contributed by atoms with Crippen LogP contribution in [0.5, 0.6) is 0 Å². The van der Waals surface area contributed by atoms with Gasteiger partial charge in [-0.25, -0.2) is 4.79 Å². The smallest absolute Gasteiger partial charge is 0.319 e. The molecule has 3 N–H and O–H groups in total. The monoisotopic (exact) mass is 333 g/mol. The molecule has 5 heteroatoms. The van der Waals surface area contributed by atoms with E-state index < -0.39 is 0 Å². The molecule has 134 valence electrons. The molecule has 2 amide bonds. The van der Waals surface area contributed by atoms with Crippen molar-refractivity contribution in [3.8, 4) is 0 Å². The van der Waals surface area contributed by atoms with Crippen molar-refractivity contribution in [1.29, 1.82) is 0 Å². The van der Waals surface area contributed by atoms with Gasteiger partial charge in [-0.3, -0.25) is 0 Å². The molecule has 1 aliphatic rings. The second kappa shape index (κ2) is 8.92. The molecule has 0 spiro atoms. The second-order valence-corrected chi connectivity index (χ2v) is 6.93. The third kappa shape index (κ3) is 5.13. The Kier molecular flexibility index (Phi) is 6.91. The van der Waals surface area contributed by atoms with Gasteiger partial charge in [0.25, 0.3) is 0 Å². The third-order valence-electron chi connectivity index (χ3n) is 4.86. The van der Waals surface area contributed by atoms with Gasteiger partial charge in [0.15, 0.2) is 0 Å². The number of carbonyl (C=O) groups excluding carboxylic acids is 1. The number of hydrogen-bond donors (Lipinski definition) is 3. The molecule has 1 fully saturated rings. The number of nitrogens with zero attached hydrogens (tertiary/aromatic N) is 1. The molecule has 1 aromatic rings. The Morgan fingerprint density at radius 1 is 1.21 bits per heavy atom. The van der Waals surface area contributed by atoms with Crippen LogP contribution in [0.3, 0.4) is 0 Å². The van der Waals surface area contributed by atoms with Gasteiger partial charge in [-0.15, -0.1) is 0 Å². The lowest BCUT2D eigenvalue weighted by atomic mass is 9.87. The molecule has 1 saturated carbocycles. The van der Waals surface area contributed by atoms with Crippen molar-refractivity contribution < 1.29 is 9.90 Å². The van der Waals surface area contributed by atoms with Gasteiger partial charge in [-0.1, -0.05) is 0 Å². The van der Waals surface area contributed by atoms with Crippen molar-refractivity contribution in [2.75, 3.05) is 23.4 Å². The van der Waals surface area contributed by atoms with Gasteiger partial charge in [-0.05, 0) is 76.6 Å². The molecule has 0 aromatic heterocycles. The second-order valence-electron chi connectivity index (χ2n) is 6.93. The van der Waals surface area contributed by atoms with Crippen molar-refractivity contribution in [1.82, 2.24) is 5.32 Å². The number of aliphatic hydroxyl groups excluding tert-OH is 1.